The van der Waals surface area contributed by atoms with Crippen LogP contribution in [0, 0.1) is 5.82 Å². The van der Waals surface area contributed by atoms with E-state index in [1.165, 1.54) is 47.4 Å². The molecule has 0 aromatic heterocycles. The fraction of sp³-hybridized carbons (Fsp3) is 0.310. The fourth-order valence-electron chi connectivity index (χ4n) is 4.09. The molecule has 0 unspecified atom stereocenters. The number of amides is 2. The first-order valence-corrected chi connectivity index (χ1v) is 15.1. The highest BCUT2D eigenvalue weighted by Gasteiger charge is 2.34. The average molecular weight is 609 g/mol. The van der Waals surface area contributed by atoms with Crippen LogP contribution in [0.4, 0.5) is 10.1 Å². The summed E-state index contributed by atoms with van der Waals surface area (Å²) in [6, 6.07) is 17.9. The molecule has 3 rings (SSSR count). The summed E-state index contributed by atoms with van der Waals surface area (Å²) in [5.74, 6) is -1.51. The molecule has 2 amide bonds. The third-order valence-electron chi connectivity index (χ3n) is 5.85. The number of carbonyl (C=O) groups is 2. The normalized spacial score (nSPS) is 12.5. The topological polar surface area (TPSA) is 86.8 Å². The van der Waals surface area contributed by atoms with Crippen molar-refractivity contribution in [1.82, 2.24) is 10.2 Å². The van der Waals surface area contributed by atoms with Crippen LogP contribution in [-0.4, -0.2) is 49.5 Å². The van der Waals surface area contributed by atoms with E-state index in [1.54, 1.807) is 0 Å². The first kappa shape index (κ1) is 31.4. The Hall–Kier alpha value is -3.14. The van der Waals surface area contributed by atoms with E-state index < -0.39 is 45.8 Å². The summed E-state index contributed by atoms with van der Waals surface area (Å²) < 4.78 is 40.2. The number of hydrogen-bond donors (Lipinski definition) is 1. The van der Waals surface area contributed by atoms with Crippen molar-refractivity contribution < 1.29 is 22.4 Å². The molecule has 0 spiro atoms. The molecule has 11 heteroatoms. The van der Waals surface area contributed by atoms with Gasteiger partial charge in [-0.3, -0.25) is 13.9 Å². The van der Waals surface area contributed by atoms with Crippen molar-refractivity contribution in [2.75, 3.05) is 17.1 Å². The van der Waals surface area contributed by atoms with Gasteiger partial charge < -0.3 is 10.2 Å². The van der Waals surface area contributed by atoms with E-state index >= 15 is 0 Å². The van der Waals surface area contributed by atoms with Crippen LogP contribution in [0.25, 0.3) is 0 Å². The van der Waals surface area contributed by atoms with Crippen LogP contribution in [0.5, 0.6) is 0 Å². The highest BCUT2D eigenvalue weighted by atomic mass is 35.5. The lowest BCUT2D eigenvalue weighted by Gasteiger charge is -2.35. The van der Waals surface area contributed by atoms with Crippen LogP contribution in [-0.2, 0) is 32.6 Å². The van der Waals surface area contributed by atoms with Crippen molar-refractivity contribution in [1.29, 1.82) is 0 Å². The van der Waals surface area contributed by atoms with Gasteiger partial charge in [-0.2, -0.15) is 0 Å². The lowest BCUT2D eigenvalue weighted by molar-refractivity contribution is -0.140. The second kappa shape index (κ2) is 13.0. The molecular weight excluding hydrogens is 576 g/mol. The summed E-state index contributed by atoms with van der Waals surface area (Å²) in [5.41, 5.74) is 0.865. The molecule has 40 heavy (non-hydrogen) atoms. The molecule has 0 bridgehead atoms. The minimum atomic E-state index is -3.97. The predicted molar refractivity (Wildman–Crippen MR) is 157 cm³/mol. The highest BCUT2D eigenvalue weighted by molar-refractivity contribution is 7.92. The lowest BCUT2D eigenvalue weighted by Crippen LogP contribution is -2.56. The van der Waals surface area contributed by atoms with Crippen molar-refractivity contribution in [2.45, 2.75) is 45.3 Å². The van der Waals surface area contributed by atoms with E-state index in [2.05, 4.69) is 5.32 Å². The molecule has 0 aliphatic carbocycles. The third-order valence-corrected chi connectivity index (χ3v) is 7.43. The molecule has 3 aromatic rings. The summed E-state index contributed by atoms with van der Waals surface area (Å²) >= 11 is 12.2. The smallest absolute Gasteiger partial charge is 0.244 e. The van der Waals surface area contributed by atoms with Gasteiger partial charge in [0.1, 0.15) is 18.4 Å². The van der Waals surface area contributed by atoms with Gasteiger partial charge in [-0.25, -0.2) is 12.8 Å². The van der Waals surface area contributed by atoms with Crippen LogP contribution < -0.4 is 9.62 Å². The van der Waals surface area contributed by atoms with Gasteiger partial charge in [0.05, 0.1) is 11.9 Å². The number of anilines is 1. The van der Waals surface area contributed by atoms with E-state index in [9.17, 15) is 22.4 Å². The van der Waals surface area contributed by atoms with E-state index in [4.69, 9.17) is 23.2 Å². The molecular formula is C29H32Cl2FN3O4S. The van der Waals surface area contributed by atoms with Crippen LogP contribution >= 0.6 is 23.2 Å². The number of nitrogens with one attached hydrogen (secondary N) is 1. The Labute approximate surface area is 244 Å². The lowest BCUT2D eigenvalue weighted by atomic mass is 10.0. The van der Waals surface area contributed by atoms with Gasteiger partial charge in [-0.1, -0.05) is 65.7 Å². The Kier molecular flexibility index (Phi) is 10.2. The Morgan fingerprint density at radius 1 is 0.925 bits per heavy atom. The maximum absolute atomic E-state index is 14.0. The predicted octanol–water partition coefficient (Wildman–Crippen LogP) is 5.45. The number of hydrogen-bond acceptors (Lipinski definition) is 4. The van der Waals surface area contributed by atoms with Crippen molar-refractivity contribution >= 4 is 50.7 Å². The summed E-state index contributed by atoms with van der Waals surface area (Å²) in [6.07, 6.45) is 1.13. The molecule has 0 saturated heterocycles. The van der Waals surface area contributed by atoms with Crippen molar-refractivity contribution in [3.05, 3.63) is 99.8 Å². The number of sulfonamides is 1. The summed E-state index contributed by atoms with van der Waals surface area (Å²) in [7, 11) is -3.97. The highest BCUT2D eigenvalue weighted by Crippen LogP contribution is 2.27. The quantitative estimate of drug-likeness (QED) is 0.332. The standard InChI is InChI=1S/C29H32Cl2FN3O4S/c1-29(2,3)33-28(37)26(14-20-8-6-5-7-9-20)34(18-21-10-12-24(32)13-11-21)27(36)19-35(40(4,38)39)25-16-22(30)15-23(31)17-25/h5-13,15-17,26H,14,18-19H2,1-4H3,(H,33,37)/t26-/m0/s1. The minimum absolute atomic E-state index is 0.0674. The van der Waals surface area contributed by atoms with Crippen molar-refractivity contribution in [2.24, 2.45) is 0 Å². The molecule has 0 aliphatic heterocycles. The Bertz CT molecular complexity index is 1430. The minimum Gasteiger partial charge on any atom is -0.350 e. The summed E-state index contributed by atoms with van der Waals surface area (Å²) in [5, 5.41) is 3.33. The molecule has 7 nitrogen and oxygen atoms in total. The number of halogens is 3. The fourth-order valence-corrected chi connectivity index (χ4v) is 5.44. The Morgan fingerprint density at radius 3 is 2.02 bits per heavy atom. The van der Waals surface area contributed by atoms with E-state index in [-0.39, 0.29) is 28.7 Å². The zero-order valence-electron chi connectivity index (χ0n) is 22.7. The van der Waals surface area contributed by atoms with Gasteiger partial charge in [0.2, 0.25) is 21.8 Å². The molecule has 214 valence electrons. The number of benzene rings is 3. The van der Waals surface area contributed by atoms with Gasteiger partial charge in [0.15, 0.2) is 0 Å². The zero-order chi connectivity index (χ0) is 29.7. The van der Waals surface area contributed by atoms with Crippen LogP contribution in [0.1, 0.15) is 31.9 Å². The second-order valence-corrected chi connectivity index (χ2v) is 13.3. The largest absolute Gasteiger partial charge is 0.350 e. The van der Waals surface area contributed by atoms with Gasteiger partial charge in [0, 0.05) is 28.5 Å². The van der Waals surface area contributed by atoms with Gasteiger partial charge in [-0.15, -0.1) is 0 Å². The van der Waals surface area contributed by atoms with Gasteiger partial charge in [-0.05, 0) is 62.2 Å². The molecule has 0 saturated carbocycles. The molecule has 1 atom stereocenters. The first-order valence-electron chi connectivity index (χ1n) is 12.5. The molecule has 0 aliphatic rings. The molecule has 0 heterocycles. The van der Waals surface area contributed by atoms with Crippen molar-refractivity contribution in [3.8, 4) is 0 Å². The molecule has 3 aromatic carbocycles. The Morgan fingerprint density at radius 2 is 1.50 bits per heavy atom. The molecule has 0 fully saturated rings. The van der Waals surface area contributed by atoms with E-state index in [0.717, 1.165) is 16.1 Å². The zero-order valence-corrected chi connectivity index (χ0v) is 25.0. The number of nitrogens with zero attached hydrogens (tertiary/aromatic N) is 2. The van der Waals surface area contributed by atoms with Crippen LogP contribution in [0.15, 0.2) is 72.8 Å². The summed E-state index contributed by atoms with van der Waals surface area (Å²) in [4.78, 5) is 29.0. The third kappa shape index (κ3) is 9.21. The molecule has 1 N–H and O–H groups in total. The van der Waals surface area contributed by atoms with Crippen LogP contribution in [0.3, 0.4) is 0 Å². The van der Waals surface area contributed by atoms with Gasteiger partial charge in [0.25, 0.3) is 0 Å². The first-order chi connectivity index (χ1) is 18.6. The van der Waals surface area contributed by atoms with Gasteiger partial charge >= 0.3 is 0 Å². The van der Waals surface area contributed by atoms with Crippen LogP contribution in [0.2, 0.25) is 10.0 Å². The van der Waals surface area contributed by atoms with E-state index in [1.807, 2.05) is 51.1 Å². The molecule has 0 radical (unpaired) electrons. The number of carbonyl (C=O) groups excluding carboxylic acids is 2. The SMILES string of the molecule is CC(C)(C)NC(=O)[C@H](Cc1ccccc1)N(Cc1ccc(F)cc1)C(=O)CN(c1cc(Cl)cc(Cl)c1)S(C)(=O)=O. The number of rotatable bonds is 10. The summed E-state index contributed by atoms with van der Waals surface area (Å²) in [6.45, 7) is 4.79. The van der Waals surface area contributed by atoms with Crippen molar-refractivity contribution in [3.63, 3.8) is 0 Å². The van der Waals surface area contributed by atoms with E-state index in [0.29, 0.717) is 5.56 Å². The average Bonchev–Trinajstić information content (AvgIpc) is 2.84. The monoisotopic (exact) mass is 607 g/mol. The maximum atomic E-state index is 14.0. The maximum Gasteiger partial charge on any atom is 0.244 e. The second-order valence-electron chi connectivity index (χ2n) is 10.5. The Balaban J connectivity index is 2.08.